The summed E-state index contributed by atoms with van der Waals surface area (Å²) in [6.07, 6.45) is 0. The molecule has 1 fully saturated rings. The molecule has 4 rings (SSSR count). The third-order valence-electron chi connectivity index (χ3n) is 5.74. The summed E-state index contributed by atoms with van der Waals surface area (Å²) in [5, 5.41) is 0. The molecule has 1 aliphatic rings. The van der Waals surface area contributed by atoms with E-state index >= 15 is 0 Å². The van der Waals surface area contributed by atoms with E-state index in [-0.39, 0.29) is 11.9 Å². The van der Waals surface area contributed by atoms with E-state index in [2.05, 4.69) is 66.4 Å². The maximum Gasteiger partial charge on any atom is 0.253 e. The predicted octanol–water partition coefficient (Wildman–Crippen LogP) is 4.85. The minimum atomic E-state index is 0.139. The van der Waals surface area contributed by atoms with Crippen LogP contribution in [-0.2, 0) is 0 Å². The predicted molar refractivity (Wildman–Crippen MR) is 118 cm³/mol. The summed E-state index contributed by atoms with van der Waals surface area (Å²) in [5.74, 6) is 0.139. The van der Waals surface area contributed by atoms with Crippen LogP contribution in [0.25, 0.3) is 0 Å². The van der Waals surface area contributed by atoms with Crippen LogP contribution in [0.3, 0.4) is 0 Å². The van der Waals surface area contributed by atoms with E-state index in [0.29, 0.717) is 0 Å². The van der Waals surface area contributed by atoms with E-state index in [4.69, 9.17) is 0 Å². The molecule has 0 aromatic heterocycles. The van der Waals surface area contributed by atoms with Crippen molar-refractivity contribution in [3.8, 4) is 0 Å². The van der Waals surface area contributed by atoms with Crippen LogP contribution in [-0.4, -0.2) is 41.9 Å². The fourth-order valence-corrected chi connectivity index (χ4v) is 4.14. The van der Waals surface area contributed by atoms with Crippen molar-refractivity contribution in [1.29, 1.82) is 0 Å². The Bertz CT molecular complexity index is 958. The van der Waals surface area contributed by atoms with Gasteiger partial charge in [-0.15, -0.1) is 0 Å². The lowest BCUT2D eigenvalue weighted by Crippen LogP contribution is -2.49. The molecule has 0 spiro atoms. The zero-order valence-corrected chi connectivity index (χ0v) is 17.2. The fraction of sp³-hybridized carbons (Fsp3) is 0.269. The lowest BCUT2D eigenvalue weighted by molar-refractivity contribution is 0.0597. The van der Waals surface area contributed by atoms with E-state index in [1.54, 1.807) is 0 Å². The number of nitrogens with zero attached hydrogens (tertiary/aromatic N) is 2. The van der Waals surface area contributed by atoms with Crippen LogP contribution in [0.2, 0.25) is 0 Å². The second kappa shape index (κ2) is 8.62. The monoisotopic (exact) mass is 384 g/mol. The van der Waals surface area contributed by atoms with Crippen LogP contribution >= 0.6 is 0 Å². The second-order valence-corrected chi connectivity index (χ2v) is 7.92. The molecule has 1 amide bonds. The van der Waals surface area contributed by atoms with Crippen LogP contribution in [0.15, 0.2) is 78.9 Å². The first-order valence-corrected chi connectivity index (χ1v) is 10.3. The first kappa shape index (κ1) is 19.4. The molecule has 0 N–H and O–H groups in total. The van der Waals surface area contributed by atoms with E-state index in [1.807, 2.05) is 36.1 Å². The van der Waals surface area contributed by atoms with Gasteiger partial charge in [0, 0.05) is 31.7 Å². The van der Waals surface area contributed by atoms with Crippen molar-refractivity contribution in [1.82, 2.24) is 9.80 Å². The Morgan fingerprint density at radius 2 is 1.38 bits per heavy atom. The number of aryl methyl sites for hydroxylation is 2. The average molecular weight is 385 g/mol. The fourth-order valence-electron chi connectivity index (χ4n) is 4.14. The summed E-state index contributed by atoms with van der Waals surface area (Å²) in [6.45, 7) is 7.39. The van der Waals surface area contributed by atoms with E-state index in [0.717, 1.165) is 37.3 Å². The SMILES string of the molecule is Cc1ccc([C@H](c2ccccc2)N2CCN(C(=O)c3cccc(C)c3)CC2)cc1. The van der Waals surface area contributed by atoms with Crippen molar-refractivity contribution in [2.75, 3.05) is 26.2 Å². The molecule has 3 aromatic carbocycles. The molecule has 148 valence electrons. The summed E-state index contributed by atoms with van der Waals surface area (Å²) in [7, 11) is 0. The van der Waals surface area contributed by atoms with Crippen molar-refractivity contribution in [3.05, 3.63) is 107 Å². The molecule has 1 heterocycles. The van der Waals surface area contributed by atoms with Gasteiger partial charge in [-0.05, 0) is 37.1 Å². The highest BCUT2D eigenvalue weighted by atomic mass is 16.2. The van der Waals surface area contributed by atoms with Gasteiger partial charge in [-0.2, -0.15) is 0 Å². The lowest BCUT2D eigenvalue weighted by atomic mass is 9.95. The van der Waals surface area contributed by atoms with Gasteiger partial charge in [-0.25, -0.2) is 0 Å². The average Bonchev–Trinajstić information content (AvgIpc) is 2.76. The largest absolute Gasteiger partial charge is 0.336 e. The first-order chi connectivity index (χ1) is 14.1. The summed E-state index contributed by atoms with van der Waals surface area (Å²) >= 11 is 0. The van der Waals surface area contributed by atoms with Crippen LogP contribution in [0, 0.1) is 13.8 Å². The quantitative estimate of drug-likeness (QED) is 0.642. The van der Waals surface area contributed by atoms with Crippen molar-refractivity contribution in [3.63, 3.8) is 0 Å². The number of hydrogen-bond donors (Lipinski definition) is 0. The topological polar surface area (TPSA) is 23.6 Å². The minimum absolute atomic E-state index is 0.139. The minimum Gasteiger partial charge on any atom is -0.336 e. The van der Waals surface area contributed by atoms with Gasteiger partial charge in [0.2, 0.25) is 0 Å². The number of carbonyl (C=O) groups excluding carboxylic acids is 1. The summed E-state index contributed by atoms with van der Waals surface area (Å²) < 4.78 is 0. The van der Waals surface area contributed by atoms with Gasteiger partial charge >= 0.3 is 0 Å². The Morgan fingerprint density at radius 3 is 2.03 bits per heavy atom. The molecule has 1 saturated heterocycles. The Balaban J connectivity index is 1.52. The van der Waals surface area contributed by atoms with Crippen molar-refractivity contribution >= 4 is 5.91 Å². The molecule has 0 saturated carbocycles. The van der Waals surface area contributed by atoms with E-state index in [1.165, 1.54) is 16.7 Å². The Hall–Kier alpha value is -2.91. The van der Waals surface area contributed by atoms with Gasteiger partial charge in [-0.3, -0.25) is 9.69 Å². The third-order valence-corrected chi connectivity index (χ3v) is 5.74. The number of carbonyl (C=O) groups is 1. The van der Waals surface area contributed by atoms with Crippen molar-refractivity contribution in [2.24, 2.45) is 0 Å². The van der Waals surface area contributed by atoms with Crippen molar-refractivity contribution in [2.45, 2.75) is 19.9 Å². The zero-order chi connectivity index (χ0) is 20.2. The molecule has 0 bridgehead atoms. The Morgan fingerprint density at radius 1 is 0.724 bits per heavy atom. The number of amides is 1. The highest BCUT2D eigenvalue weighted by Crippen LogP contribution is 2.30. The lowest BCUT2D eigenvalue weighted by Gasteiger charge is -2.40. The maximum atomic E-state index is 12.9. The molecule has 29 heavy (non-hydrogen) atoms. The number of hydrogen-bond acceptors (Lipinski definition) is 2. The summed E-state index contributed by atoms with van der Waals surface area (Å²) in [4.78, 5) is 17.4. The first-order valence-electron chi connectivity index (χ1n) is 10.3. The number of benzene rings is 3. The molecule has 0 aliphatic carbocycles. The Kier molecular flexibility index (Phi) is 5.77. The van der Waals surface area contributed by atoms with Crippen molar-refractivity contribution < 1.29 is 4.79 Å². The van der Waals surface area contributed by atoms with Gasteiger partial charge in [0.1, 0.15) is 0 Å². The number of piperazine rings is 1. The van der Waals surface area contributed by atoms with Crippen LogP contribution < -0.4 is 0 Å². The summed E-state index contributed by atoms with van der Waals surface area (Å²) in [6, 6.07) is 27.6. The molecule has 3 nitrogen and oxygen atoms in total. The number of rotatable bonds is 4. The molecular weight excluding hydrogens is 356 g/mol. The van der Waals surface area contributed by atoms with E-state index < -0.39 is 0 Å². The normalized spacial score (nSPS) is 15.9. The third kappa shape index (κ3) is 4.41. The molecule has 1 aliphatic heterocycles. The van der Waals surface area contributed by atoms with E-state index in [9.17, 15) is 4.79 Å². The maximum absolute atomic E-state index is 12.9. The molecule has 0 unspecified atom stereocenters. The molecule has 0 radical (unpaired) electrons. The Labute approximate surface area is 173 Å². The zero-order valence-electron chi connectivity index (χ0n) is 17.2. The summed E-state index contributed by atoms with van der Waals surface area (Å²) in [5.41, 5.74) is 5.79. The van der Waals surface area contributed by atoms with Gasteiger partial charge in [-0.1, -0.05) is 77.9 Å². The smallest absolute Gasteiger partial charge is 0.253 e. The second-order valence-electron chi connectivity index (χ2n) is 7.92. The molecule has 3 aromatic rings. The van der Waals surface area contributed by atoms with Crippen LogP contribution in [0.4, 0.5) is 0 Å². The highest BCUT2D eigenvalue weighted by Gasteiger charge is 2.28. The van der Waals surface area contributed by atoms with Gasteiger partial charge in [0.25, 0.3) is 5.91 Å². The molecule has 1 atom stereocenters. The van der Waals surface area contributed by atoms with Crippen LogP contribution in [0.1, 0.15) is 38.7 Å². The van der Waals surface area contributed by atoms with Gasteiger partial charge in [0.05, 0.1) is 6.04 Å². The standard InChI is InChI=1S/C26H28N2O/c1-20-11-13-23(14-12-20)25(22-8-4-3-5-9-22)27-15-17-28(18-16-27)26(29)24-10-6-7-21(2)19-24/h3-14,19,25H,15-18H2,1-2H3/t25-/m0/s1. The molecule has 3 heteroatoms. The highest BCUT2D eigenvalue weighted by molar-refractivity contribution is 5.94. The van der Waals surface area contributed by atoms with Gasteiger partial charge < -0.3 is 4.90 Å². The molecular formula is C26H28N2O. The van der Waals surface area contributed by atoms with Crippen LogP contribution in [0.5, 0.6) is 0 Å². The van der Waals surface area contributed by atoms with Gasteiger partial charge in [0.15, 0.2) is 0 Å².